The Balaban J connectivity index is 1.76. The zero-order chi connectivity index (χ0) is 13.2. The molecule has 100 valence electrons. The van der Waals surface area contributed by atoms with Gasteiger partial charge in [0.15, 0.2) is 0 Å². The summed E-state index contributed by atoms with van der Waals surface area (Å²) in [5, 5.41) is 3.72. The predicted octanol–water partition coefficient (Wildman–Crippen LogP) is 4.77. The van der Waals surface area contributed by atoms with Crippen molar-refractivity contribution < 1.29 is 4.42 Å². The minimum Gasteiger partial charge on any atom is -0.469 e. The third-order valence-electron chi connectivity index (χ3n) is 3.85. The van der Waals surface area contributed by atoms with Crippen LogP contribution in [0.3, 0.4) is 0 Å². The lowest BCUT2D eigenvalue weighted by atomic mass is 9.92. The van der Waals surface area contributed by atoms with E-state index in [4.69, 9.17) is 4.42 Å². The fourth-order valence-electron chi connectivity index (χ4n) is 2.83. The number of hydrogen-bond donors (Lipinski definition) is 1. The second kappa shape index (κ2) is 5.51. The zero-order valence-corrected chi connectivity index (χ0v) is 12.6. The monoisotopic (exact) mass is 319 g/mol. The van der Waals surface area contributed by atoms with Gasteiger partial charge in [0.1, 0.15) is 5.76 Å². The highest BCUT2D eigenvalue weighted by Crippen LogP contribution is 2.32. The van der Waals surface area contributed by atoms with E-state index in [-0.39, 0.29) is 0 Å². The molecule has 19 heavy (non-hydrogen) atoms. The Morgan fingerprint density at radius 3 is 3.11 bits per heavy atom. The van der Waals surface area contributed by atoms with Crippen LogP contribution in [0.1, 0.15) is 48.7 Å². The van der Waals surface area contributed by atoms with Gasteiger partial charge in [0.2, 0.25) is 0 Å². The highest BCUT2D eigenvalue weighted by atomic mass is 79.9. The van der Waals surface area contributed by atoms with Crippen molar-refractivity contribution in [2.24, 2.45) is 0 Å². The molecule has 3 rings (SSSR count). The Hall–Kier alpha value is -1.06. The van der Waals surface area contributed by atoms with Crippen LogP contribution < -0.4 is 5.32 Å². The van der Waals surface area contributed by atoms with Gasteiger partial charge in [-0.2, -0.15) is 0 Å². The minimum atomic E-state index is 0.336. The van der Waals surface area contributed by atoms with E-state index < -0.39 is 0 Å². The molecule has 1 aliphatic rings. The van der Waals surface area contributed by atoms with Crippen LogP contribution in [-0.2, 0) is 6.42 Å². The van der Waals surface area contributed by atoms with Crippen LogP contribution in [0.5, 0.6) is 0 Å². The molecule has 1 aromatic heterocycles. The smallest absolute Gasteiger partial charge is 0.108 e. The SMILES string of the molecule is C[C@@H](NC1CCCc2occc21)c1cccc(Br)c1. The number of rotatable bonds is 3. The molecular weight excluding hydrogens is 302 g/mol. The lowest BCUT2D eigenvalue weighted by molar-refractivity contribution is 0.385. The molecule has 0 aliphatic heterocycles. The van der Waals surface area contributed by atoms with Gasteiger partial charge < -0.3 is 9.73 Å². The number of fused-ring (bicyclic) bond motifs is 1. The molecule has 2 aromatic rings. The number of furan rings is 1. The van der Waals surface area contributed by atoms with Gasteiger partial charge in [0, 0.05) is 28.5 Å². The van der Waals surface area contributed by atoms with Crippen molar-refractivity contribution in [1.29, 1.82) is 0 Å². The van der Waals surface area contributed by atoms with E-state index >= 15 is 0 Å². The number of aryl methyl sites for hydroxylation is 1. The summed E-state index contributed by atoms with van der Waals surface area (Å²) >= 11 is 3.53. The number of halogens is 1. The van der Waals surface area contributed by atoms with E-state index in [0.717, 1.165) is 16.7 Å². The fraction of sp³-hybridized carbons (Fsp3) is 0.375. The quantitative estimate of drug-likeness (QED) is 0.881. The molecule has 0 bridgehead atoms. The second-order valence-corrected chi connectivity index (χ2v) is 6.10. The van der Waals surface area contributed by atoms with E-state index in [1.165, 1.54) is 24.0 Å². The fourth-order valence-corrected chi connectivity index (χ4v) is 3.25. The zero-order valence-electron chi connectivity index (χ0n) is 11.0. The van der Waals surface area contributed by atoms with E-state index in [1.54, 1.807) is 0 Å². The first-order chi connectivity index (χ1) is 9.24. The third kappa shape index (κ3) is 2.77. The second-order valence-electron chi connectivity index (χ2n) is 5.19. The maximum absolute atomic E-state index is 5.55. The van der Waals surface area contributed by atoms with Crippen molar-refractivity contribution >= 4 is 15.9 Å². The van der Waals surface area contributed by atoms with Gasteiger partial charge in [0.25, 0.3) is 0 Å². The average Bonchev–Trinajstić information content (AvgIpc) is 2.88. The number of hydrogen-bond acceptors (Lipinski definition) is 2. The van der Waals surface area contributed by atoms with E-state index in [2.05, 4.69) is 58.5 Å². The third-order valence-corrected chi connectivity index (χ3v) is 4.35. The van der Waals surface area contributed by atoms with E-state index in [1.807, 2.05) is 6.26 Å². The van der Waals surface area contributed by atoms with Crippen LogP contribution in [0, 0.1) is 0 Å². The first kappa shape index (κ1) is 12.9. The number of nitrogens with one attached hydrogen (secondary N) is 1. The van der Waals surface area contributed by atoms with Crippen molar-refractivity contribution in [3.8, 4) is 0 Å². The molecule has 2 atom stereocenters. The summed E-state index contributed by atoms with van der Waals surface area (Å²) in [4.78, 5) is 0. The topological polar surface area (TPSA) is 25.2 Å². The molecule has 1 aliphatic carbocycles. The lowest BCUT2D eigenvalue weighted by Gasteiger charge is -2.26. The van der Waals surface area contributed by atoms with Crippen LogP contribution in [0.2, 0.25) is 0 Å². The van der Waals surface area contributed by atoms with Crippen LogP contribution in [0.25, 0.3) is 0 Å². The van der Waals surface area contributed by atoms with Crippen molar-refractivity contribution in [3.05, 3.63) is 58.0 Å². The van der Waals surface area contributed by atoms with Crippen molar-refractivity contribution in [3.63, 3.8) is 0 Å². The largest absolute Gasteiger partial charge is 0.469 e. The highest BCUT2D eigenvalue weighted by Gasteiger charge is 2.23. The molecule has 3 heteroatoms. The summed E-state index contributed by atoms with van der Waals surface area (Å²) < 4.78 is 6.68. The lowest BCUT2D eigenvalue weighted by Crippen LogP contribution is -2.27. The Morgan fingerprint density at radius 1 is 1.37 bits per heavy atom. The highest BCUT2D eigenvalue weighted by molar-refractivity contribution is 9.10. The van der Waals surface area contributed by atoms with Crippen LogP contribution in [0.4, 0.5) is 0 Å². The first-order valence-corrected chi connectivity index (χ1v) is 7.61. The maximum atomic E-state index is 5.55. The molecular formula is C16H18BrNO. The Morgan fingerprint density at radius 2 is 2.26 bits per heavy atom. The Bertz CT molecular complexity index is 563. The Kier molecular flexibility index (Phi) is 3.76. The van der Waals surface area contributed by atoms with Gasteiger partial charge in [-0.15, -0.1) is 0 Å². The summed E-state index contributed by atoms with van der Waals surface area (Å²) in [6, 6.07) is 11.4. The van der Waals surface area contributed by atoms with Gasteiger partial charge in [-0.05, 0) is 43.5 Å². The van der Waals surface area contributed by atoms with E-state index in [0.29, 0.717) is 12.1 Å². The predicted molar refractivity (Wildman–Crippen MR) is 80.1 cm³/mol. The molecule has 1 N–H and O–H groups in total. The number of benzene rings is 1. The molecule has 0 radical (unpaired) electrons. The van der Waals surface area contributed by atoms with Gasteiger partial charge >= 0.3 is 0 Å². The van der Waals surface area contributed by atoms with Crippen molar-refractivity contribution in [1.82, 2.24) is 5.32 Å². The molecule has 1 aromatic carbocycles. The Labute approximate surface area is 122 Å². The summed E-state index contributed by atoms with van der Waals surface area (Å²) in [6.45, 7) is 2.22. The molecule has 0 saturated carbocycles. The van der Waals surface area contributed by atoms with Crippen LogP contribution >= 0.6 is 15.9 Å². The molecule has 0 amide bonds. The molecule has 0 saturated heterocycles. The summed E-state index contributed by atoms with van der Waals surface area (Å²) in [5.41, 5.74) is 2.65. The average molecular weight is 320 g/mol. The molecule has 1 unspecified atom stereocenters. The van der Waals surface area contributed by atoms with Crippen LogP contribution in [0.15, 0.2) is 45.5 Å². The summed E-state index contributed by atoms with van der Waals surface area (Å²) in [5.74, 6) is 1.16. The summed E-state index contributed by atoms with van der Waals surface area (Å²) in [6.07, 6.45) is 5.27. The van der Waals surface area contributed by atoms with Gasteiger partial charge in [-0.1, -0.05) is 28.1 Å². The van der Waals surface area contributed by atoms with E-state index in [9.17, 15) is 0 Å². The van der Waals surface area contributed by atoms with Crippen molar-refractivity contribution in [2.75, 3.05) is 0 Å². The standard InChI is InChI=1S/C16H18BrNO/c1-11(12-4-2-5-13(17)10-12)18-15-6-3-7-16-14(15)8-9-19-16/h2,4-5,8-11,15,18H,3,6-7H2,1H3/t11-,15?/m1/s1. The van der Waals surface area contributed by atoms with Crippen molar-refractivity contribution in [2.45, 2.75) is 38.3 Å². The van der Waals surface area contributed by atoms with Gasteiger partial charge in [0.05, 0.1) is 6.26 Å². The molecule has 0 spiro atoms. The molecule has 1 heterocycles. The molecule has 2 nitrogen and oxygen atoms in total. The normalized spacial score (nSPS) is 20.0. The van der Waals surface area contributed by atoms with Crippen LogP contribution in [-0.4, -0.2) is 0 Å². The van der Waals surface area contributed by atoms with Gasteiger partial charge in [-0.3, -0.25) is 0 Å². The maximum Gasteiger partial charge on any atom is 0.108 e. The first-order valence-electron chi connectivity index (χ1n) is 6.82. The van der Waals surface area contributed by atoms with Gasteiger partial charge in [-0.25, -0.2) is 0 Å². The minimum absolute atomic E-state index is 0.336. The molecule has 0 fully saturated rings. The summed E-state index contributed by atoms with van der Waals surface area (Å²) in [7, 11) is 0.